The zero-order valence-electron chi connectivity index (χ0n) is 9.36. The van der Waals surface area contributed by atoms with Crippen molar-refractivity contribution in [3.63, 3.8) is 0 Å². The molecule has 16 heavy (non-hydrogen) atoms. The Kier molecular flexibility index (Phi) is 5.91. The topological polar surface area (TPSA) is 73.3 Å². The molecule has 90 valence electrons. The SMILES string of the molecule is CCCc1nnsc1C(=O)NOCCOC. The van der Waals surface area contributed by atoms with Gasteiger partial charge in [-0.15, -0.1) is 5.10 Å². The van der Waals surface area contributed by atoms with Crippen molar-refractivity contribution in [1.82, 2.24) is 15.1 Å². The molecule has 1 aromatic rings. The Balaban J connectivity index is 2.42. The van der Waals surface area contributed by atoms with Gasteiger partial charge in [-0.25, -0.2) is 5.48 Å². The van der Waals surface area contributed by atoms with Crippen LogP contribution in [0.3, 0.4) is 0 Å². The lowest BCUT2D eigenvalue weighted by Crippen LogP contribution is -2.25. The molecule has 1 heterocycles. The van der Waals surface area contributed by atoms with Crippen molar-refractivity contribution in [2.45, 2.75) is 19.8 Å². The van der Waals surface area contributed by atoms with Gasteiger partial charge < -0.3 is 4.74 Å². The largest absolute Gasteiger partial charge is 0.382 e. The fraction of sp³-hybridized carbons (Fsp3) is 0.667. The van der Waals surface area contributed by atoms with Crippen LogP contribution in [-0.4, -0.2) is 35.8 Å². The van der Waals surface area contributed by atoms with Crippen molar-refractivity contribution in [1.29, 1.82) is 0 Å². The monoisotopic (exact) mass is 245 g/mol. The number of carbonyl (C=O) groups is 1. The quantitative estimate of drug-likeness (QED) is 0.568. The summed E-state index contributed by atoms with van der Waals surface area (Å²) in [5.41, 5.74) is 3.05. The first-order valence-electron chi connectivity index (χ1n) is 5.01. The van der Waals surface area contributed by atoms with E-state index >= 15 is 0 Å². The molecular weight excluding hydrogens is 230 g/mol. The molecule has 0 bridgehead atoms. The van der Waals surface area contributed by atoms with E-state index < -0.39 is 0 Å². The molecular formula is C9H15N3O3S. The highest BCUT2D eigenvalue weighted by molar-refractivity contribution is 7.07. The van der Waals surface area contributed by atoms with E-state index in [-0.39, 0.29) is 5.91 Å². The molecule has 0 unspecified atom stereocenters. The van der Waals surface area contributed by atoms with Crippen LogP contribution in [0, 0.1) is 0 Å². The molecule has 0 saturated carbocycles. The van der Waals surface area contributed by atoms with E-state index in [1.165, 1.54) is 0 Å². The minimum absolute atomic E-state index is 0.297. The minimum atomic E-state index is -0.297. The third kappa shape index (κ3) is 3.84. The molecule has 1 aromatic heterocycles. The van der Waals surface area contributed by atoms with Crippen LogP contribution in [0.2, 0.25) is 0 Å². The Bertz CT molecular complexity index is 330. The van der Waals surface area contributed by atoms with Gasteiger partial charge in [0.05, 0.1) is 18.9 Å². The van der Waals surface area contributed by atoms with Crippen LogP contribution >= 0.6 is 11.5 Å². The minimum Gasteiger partial charge on any atom is -0.382 e. The number of ether oxygens (including phenoxy) is 1. The highest BCUT2D eigenvalue weighted by Gasteiger charge is 2.15. The van der Waals surface area contributed by atoms with E-state index in [9.17, 15) is 4.79 Å². The summed E-state index contributed by atoms with van der Waals surface area (Å²) in [7, 11) is 1.57. The van der Waals surface area contributed by atoms with Crippen molar-refractivity contribution in [2.24, 2.45) is 0 Å². The van der Waals surface area contributed by atoms with E-state index in [1.54, 1.807) is 7.11 Å². The summed E-state index contributed by atoms with van der Waals surface area (Å²) in [5, 5.41) is 3.90. The molecule has 0 fully saturated rings. The summed E-state index contributed by atoms with van der Waals surface area (Å²) < 4.78 is 8.54. The zero-order valence-corrected chi connectivity index (χ0v) is 10.2. The van der Waals surface area contributed by atoms with Gasteiger partial charge in [-0.2, -0.15) is 0 Å². The van der Waals surface area contributed by atoms with Crippen LogP contribution in [0.25, 0.3) is 0 Å². The Hall–Kier alpha value is -1.05. The normalized spacial score (nSPS) is 10.4. The lowest BCUT2D eigenvalue weighted by Gasteiger charge is -2.04. The maximum Gasteiger partial charge on any atom is 0.288 e. The van der Waals surface area contributed by atoms with E-state index in [4.69, 9.17) is 9.57 Å². The molecule has 1 rings (SSSR count). The maximum atomic E-state index is 11.6. The number of aryl methyl sites for hydroxylation is 1. The van der Waals surface area contributed by atoms with Gasteiger partial charge in [0.2, 0.25) is 0 Å². The van der Waals surface area contributed by atoms with Crippen LogP contribution < -0.4 is 5.48 Å². The molecule has 6 nitrogen and oxygen atoms in total. The number of carbonyl (C=O) groups excluding carboxylic acids is 1. The van der Waals surface area contributed by atoms with Gasteiger partial charge in [0.15, 0.2) is 0 Å². The summed E-state index contributed by atoms with van der Waals surface area (Å²) in [5.74, 6) is -0.297. The molecule has 7 heteroatoms. The van der Waals surface area contributed by atoms with Crippen LogP contribution in [-0.2, 0) is 16.0 Å². The number of nitrogens with one attached hydrogen (secondary N) is 1. The second-order valence-corrected chi connectivity index (χ2v) is 3.83. The van der Waals surface area contributed by atoms with Crippen LogP contribution in [0.5, 0.6) is 0 Å². The Morgan fingerprint density at radius 3 is 3.00 bits per heavy atom. The van der Waals surface area contributed by atoms with Gasteiger partial charge in [-0.3, -0.25) is 9.63 Å². The molecule has 0 saturated heterocycles. The van der Waals surface area contributed by atoms with Gasteiger partial charge in [-0.1, -0.05) is 17.8 Å². The summed E-state index contributed by atoms with van der Waals surface area (Å²) in [4.78, 5) is 17.1. The number of aromatic nitrogens is 2. The third-order valence-electron chi connectivity index (χ3n) is 1.80. The van der Waals surface area contributed by atoms with Crippen LogP contribution in [0.4, 0.5) is 0 Å². The number of methoxy groups -OCH3 is 1. The van der Waals surface area contributed by atoms with Crippen LogP contribution in [0.15, 0.2) is 0 Å². The molecule has 0 aliphatic heterocycles. The number of amides is 1. The highest BCUT2D eigenvalue weighted by Crippen LogP contribution is 2.11. The average molecular weight is 245 g/mol. The second kappa shape index (κ2) is 7.26. The van der Waals surface area contributed by atoms with Crippen molar-refractivity contribution in [3.05, 3.63) is 10.6 Å². The zero-order chi connectivity index (χ0) is 11.8. The predicted molar refractivity (Wildman–Crippen MR) is 59.2 cm³/mol. The van der Waals surface area contributed by atoms with Crippen molar-refractivity contribution >= 4 is 17.4 Å². The molecule has 1 amide bonds. The standard InChI is InChI=1S/C9H15N3O3S/c1-3-4-7-8(16-12-10-7)9(13)11-15-6-5-14-2/h3-6H2,1-2H3,(H,11,13). The van der Waals surface area contributed by atoms with Gasteiger partial charge >= 0.3 is 0 Å². The van der Waals surface area contributed by atoms with Gasteiger partial charge in [-0.05, 0) is 18.0 Å². The molecule has 0 aromatic carbocycles. The van der Waals surface area contributed by atoms with Gasteiger partial charge in [0.25, 0.3) is 5.91 Å². The summed E-state index contributed by atoms with van der Waals surface area (Å²) in [6, 6.07) is 0. The maximum absolute atomic E-state index is 11.6. The van der Waals surface area contributed by atoms with E-state index in [1.807, 2.05) is 6.92 Å². The molecule has 0 spiro atoms. The Morgan fingerprint density at radius 1 is 1.50 bits per heavy atom. The smallest absolute Gasteiger partial charge is 0.288 e. The molecule has 0 aliphatic rings. The first kappa shape index (κ1) is 13.0. The summed E-state index contributed by atoms with van der Waals surface area (Å²) in [6.07, 6.45) is 1.67. The van der Waals surface area contributed by atoms with E-state index in [0.29, 0.717) is 18.1 Å². The lowest BCUT2D eigenvalue weighted by molar-refractivity contribution is 0.00908. The fourth-order valence-electron chi connectivity index (χ4n) is 1.07. The number of rotatable bonds is 7. The van der Waals surface area contributed by atoms with Crippen molar-refractivity contribution in [2.75, 3.05) is 20.3 Å². The predicted octanol–water partition coefficient (Wildman–Crippen LogP) is 0.798. The fourth-order valence-corrected chi connectivity index (χ4v) is 1.66. The first-order valence-corrected chi connectivity index (χ1v) is 5.79. The number of hydrogen-bond donors (Lipinski definition) is 1. The summed E-state index contributed by atoms with van der Waals surface area (Å²) >= 11 is 1.08. The van der Waals surface area contributed by atoms with Gasteiger partial charge in [0.1, 0.15) is 4.88 Å². The Labute approximate surface area is 98.1 Å². The molecule has 0 radical (unpaired) electrons. The molecule has 0 aliphatic carbocycles. The highest BCUT2D eigenvalue weighted by atomic mass is 32.1. The Morgan fingerprint density at radius 2 is 2.31 bits per heavy atom. The van der Waals surface area contributed by atoms with Crippen LogP contribution in [0.1, 0.15) is 28.7 Å². The lowest BCUT2D eigenvalue weighted by atomic mass is 10.2. The van der Waals surface area contributed by atoms with Crippen molar-refractivity contribution < 1.29 is 14.4 Å². The number of hydroxylamine groups is 1. The second-order valence-electron chi connectivity index (χ2n) is 3.07. The van der Waals surface area contributed by atoms with Crippen molar-refractivity contribution in [3.8, 4) is 0 Å². The molecule has 0 atom stereocenters. The third-order valence-corrected chi connectivity index (χ3v) is 2.57. The first-order chi connectivity index (χ1) is 7.79. The van der Waals surface area contributed by atoms with E-state index in [2.05, 4.69) is 15.1 Å². The van der Waals surface area contributed by atoms with Gasteiger partial charge in [0, 0.05) is 7.11 Å². The average Bonchev–Trinajstić information content (AvgIpc) is 2.73. The number of nitrogens with zero attached hydrogens (tertiary/aromatic N) is 2. The van der Waals surface area contributed by atoms with E-state index in [0.717, 1.165) is 30.1 Å². The molecule has 1 N–H and O–H groups in total. The summed E-state index contributed by atoms with van der Waals surface area (Å²) in [6.45, 7) is 2.77. The number of hydrogen-bond acceptors (Lipinski definition) is 6.